The molecule has 0 amide bonds. The number of hydrogen-bond donors (Lipinski definition) is 0. The minimum Gasteiger partial charge on any atom is -0.302 e. The molecule has 0 N–H and O–H groups in total. The molecule has 5 heteroatoms. The van der Waals surface area contributed by atoms with E-state index in [1.165, 1.54) is 39.0 Å². The molecule has 0 bridgehead atoms. The van der Waals surface area contributed by atoms with E-state index in [9.17, 15) is 0 Å². The highest BCUT2D eigenvalue weighted by molar-refractivity contribution is 5.22. The number of aromatic nitrogens is 2. The number of hydrogen-bond acceptors (Lipinski definition) is 4. The molecule has 3 heterocycles. The van der Waals surface area contributed by atoms with E-state index in [1.807, 2.05) is 10.9 Å². The summed E-state index contributed by atoms with van der Waals surface area (Å²) in [6.07, 6.45) is 7.41. The lowest BCUT2D eigenvalue weighted by Gasteiger charge is -2.20. The Bertz CT molecular complexity index is 455. The van der Waals surface area contributed by atoms with Gasteiger partial charge in [0.2, 0.25) is 0 Å². The molecule has 2 saturated heterocycles. The quantitative estimate of drug-likeness (QED) is 0.812. The predicted molar refractivity (Wildman–Crippen MR) is 72.7 cm³/mol. The van der Waals surface area contributed by atoms with Gasteiger partial charge in [-0.1, -0.05) is 0 Å². The fourth-order valence-corrected chi connectivity index (χ4v) is 3.12. The third-order valence-corrected chi connectivity index (χ3v) is 4.28. The van der Waals surface area contributed by atoms with Crippen molar-refractivity contribution in [1.29, 1.82) is 5.26 Å². The summed E-state index contributed by atoms with van der Waals surface area (Å²) < 4.78 is 1.97. The second-order valence-corrected chi connectivity index (χ2v) is 5.61. The number of likely N-dealkylation sites (tertiary alicyclic amines) is 2. The van der Waals surface area contributed by atoms with Gasteiger partial charge in [0.1, 0.15) is 6.07 Å². The van der Waals surface area contributed by atoms with Crippen LogP contribution < -0.4 is 0 Å². The van der Waals surface area contributed by atoms with Crippen LogP contribution in [0.25, 0.3) is 0 Å². The maximum absolute atomic E-state index is 8.83. The highest BCUT2D eigenvalue weighted by Gasteiger charge is 2.24. The van der Waals surface area contributed by atoms with Crippen LogP contribution in [0.4, 0.5) is 0 Å². The first kappa shape index (κ1) is 12.6. The molecule has 0 aliphatic carbocycles. The molecule has 1 aromatic heterocycles. The zero-order valence-electron chi connectivity index (χ0n) is 11.3. The fraction of sp³-hybridized carbons (Fsp3) is 0.714. The Morgan fingerprint density at radius 1 is 1.21 bits per heavy atom. The molecule has 102 valence electrons. The van der Waals surface area contributed by atoms with Crippen LogP contribution in [0.3, 0.4) is 0 Å². The molecule has 0 spiro atoms. The summed E-state index contributed by atoms with van der Waals surface area (Å²) in [5.74, 6) is 0. The fourth-order valence-electron chi connectivity index (χ4n) is 3.12. The Kier molecular flexibility index (Phi) is 3.81. The summed E-state index contributed by atoms with van der Waals surface area (Å²) in [4.78, 5) is 5.09. The van der Waals surface area contributed by atoms with Gasteiger partial charge in [0.25, 0.3) is 0 Å². The molecule has 2 aliphatic rings. The van der Waals surface area contributed by atoms with Crippen LogP contribution >= 0.6 is 0 Å². The average Bonchev–Trinajstić information content (AvgIpc) is 3.16. The van der Waals surface area contributed by atoms with Crippen molar-refractivity contribution in [3.63, 3.8) is 0 Å². The lowest BCUT2D eigenvalue weighted by Crippen LogP contribution is -2.32. The summed E-state index contributed by atoms with van der Waals surface area (Å²) in [6, 6.07) is 2.59. The van der Waals surface area contributed by atoms with Gasteiger partial charge in [-0.15, -0.1) is 0 Å². The van der Waals surface area contributed by atoms with Crippen molar-refractivity contribution in [3.8, 4) is 6.07 Å². The SMILES string of the molecule is N#Cc1cnn(C2CCN(CCN3CCCC3)C2)c1. The molecule has 0 radical (unpaired) electrons. The summed E-state index contributed by atoms with van der Waals surface area (Å²) in [7, 11) is 0. The van der Waals surface area contributed by atoms with E-state index in [4.69, 9.17) is 5.26 Å². The van der Waals surface area contributed by atoms with Gasteiger partial charge in [-0.25, -0.2) is 0 Å². The van der Waals surface area contributed by atoms with Gasteiger partial charge in [0, 0.05) is 32.4 Å². The summed E-state index contributed by atoms with van der Waals surface area (Å²) in [5, 5.41) is 13.1. The van der Waals surface area contributed by atoms with Crippen LogP contribution in [-0.4, -0.2) is 58.8 Å². The molecule has 19 heavy (non-hydrogen) atoms. The van der Waals surface area contributed by atoms with E-state index in [0.717, 1.165) is 19.5 Å². The second-order valence-electron chi connectivity index (χ2n) is 5.61. The number of nitriles is 1. The standard InChI is InChI=1S/C14H21N5/c15-9-13-10-16-19(11-13)14-3-6-18(12-14)8-7-17-4-1-2-5-17/h10-11,14H,1-8,12H2. The first-order valence-electron chi connectivity index (χ1n) is 7.24. The van der Waals surface area contributed by atoms with Crippen LogP contribution in [0.1, 0.15) is 30.9 Å². The zero-order chi connectivity index (χ0) is 13.1. The number of rotatable bonds is 4. The highest BCUT2D eigenvalue weighted by atomic mass is 15.3. The Morgan fingerprint density at radius 3 is 2.74 bits per heavy atom. The minimum atomic E-state index is 0.445. The topological polar surface area (TPSA) is 48.1 Å². The van der Waals surface area contributed by atoms with E-state index in [1.54, 1.807) is 6.20 Å². The monoisotopic (exact) mass is 259 g/mol. The lowest BCUT2D eigenvalue weighted by molar-refractivity contribution is 0.251. The van der Waals surface area contributed by atoms with Gasteiger partial charge in [-0.2, -0.15) is 10.4 Å². The van der Waals surface area contributed by atoms with E-state index in [0.29, 0.717) is 11.6 Å². The third kappa shape index (κ3) is 2.96. The highest BCUT2D eigenvalue weighted by Crippen LogP contribution is 2.21. The Balaban J connectivity index is 1.48. The van der Waals surface area contributed by atoms with Crippen LogP contribution in [0.15, 0.2) is 12.4 Å². The predicted octanol–water partition coefficient (Wildman–Crippen LogP) is 1.10. The Hall–Kier alpha value is -1.38. The van der Waals surface area contributed by atoms with Crippen molar-refractivity contribution in [1.82, 2.24) is 19.6 Å². The van der Waals surface area contributed by atoms with Crippen molar-refractivity contribution in [3.05, 3.63) is 18.0 Å². The zero-order valence-corrected chi connectivity index (χ0v) is 11.3. The normalized spacial score (nSPS) is 24.9. The maximum Gasteiger partial charge on any atom is 0.102 e. The third-order valence-electron chi connectivity index (χ3n) is 4.28. The van der Waals surface area contributed by atoms with Crippen LogP contribution in [0.5, 0.6) is 0 Å². The molecule has 1 unspecified atom stereocenters. The van der Waals surface area contributed by atoms with Crippen molar-refractivity contribution in [2.24, 2.45) is 0 Å². The van der Waals surface area contributed by atoms with Gasteiger partial charge in [-0.05, 0) is 32.4 Å². The maximum atomic E-state index is 8.83. The minimum absolute atomic E-state index is 0.445. The molecule has 0 saturated carbocycles. The molecule has 0 aromatic carbocycles. The Morgan fingerprint density at radius 2 is 2.00 bits per heavy atom. The molecule has 2 fully saturated rings. The molecule has 2 aliphatic heterocycles. The van der Waals surface area contributed by atoms with Crippen molar-refractivity contribution < 1.29 is 0 Å². The smallest absolute Gasteiger partial charge is 0.102 e. The van der Waals surface area contributed by atoms with E-state index in [-0.39, 0.29) is 0 Å². The molecule has 1 atom stereocenters. The first-order chi connectivity index (χ1) is 9.35. The van der Waals surface area contributed by atoms with Crippen molar-refractivity contribution in [2.75, 3.05) is 39.3 Å². The molecular weight excluding hydrogens is 238 g/mol. The lowest BCUT2D eigenvalue weighted by atomic mass is 10.3. The number of nitrogens with zero attached hydrogens (tertiary/aromatic N) is 5. The first-order valence-corrected chi connectivity index (χ1v) is 7.24. The summed E-state index contributed by atoms with van der Waals surface area (Å²) in [5.41, 5.74) is 0.663. The summed E-state index contributed by atoms with van der Waals surface area (Å²) >= 11 is 0. The van der Waals surface area contributed by atoms with E-state index < -0.39 is 0 Å². The Labute approximate surface area is 114 Å². The van der Waals surface area contributed by atoms with Crippen LogP contribution in [-0.2, 0) is 0 Å². The largest absolute Gasteiger partial charge is 0.302 e. The average molecular weight is 259 g/mol. The van der Waals surface area contributed by atoms with Gasteiger partial charge >= 0.3 is 0 Å². The summed E-state index contributed by atoms with van der Waals surface area (Å²) in [6.45, 7) is 7.16. The molecule has 3 rings (SSSR count). The van der Waals surface area contributed by atoms with Crippen molar-refractivity contribution in [2.45, 2.75) is 25.3 Å². The van der Waals surface area contributed by atoms with Gasteiger partial charge in [0.15, 0.2) is 0 Å². The molecule has 1 aromatic rings. The van der Waals surface area contributed by atoms with Gasteiger partial charge in [-0.3, -0.25) is 9.58 Å². The van der Waals surface area contributed by atoms with Gasteiger partial charge < -0.3 is 4.90 Å². The van der Waals surface area contributed by atoms with E-state index >= 15 is 0 Å². The molecular formula is C14H21N5. The van der Waals surface area contributed by atoms with Crippen molar-refractivity contribution >= 4 is 0 Å². The van der Waals surface area contributed by atoms with E-state index in [2.05, 4.69) is 21.0 Å². The van der Waals surface area contributed by atoms with Crippen LogP contribution in [0.2, 0.25) is 0 Å². The van der Waals surface area contributed by atoms with Gasteiger partial charge in [0.05, 0.1) is 17.8 Å². The second kappa shape index (κ2) is 5.72. The molecule has 5 nitrogen and oxygen atoms in total. The van der Waals surface area contributed by atoms with Crippen LogP contribution in [0, 0.1) is 11.3 Å².